The van der Waals surface area contributed by atoms with E-state index in [0.29, 0.717) is 6.54 Å². The molecule has 2 aromatic carbocycles. The van der Waals surface area contributed by atoms with E-state index >= 15 is 0 Å². The van der Waals surface area contributed by atoms with Crippen molar-refractivity contribution >= 4 is 27.7 Å². The molecule has 106 valence electrons. The molecule has 2 rings (SSSR count). The first-order chi connectivity index (χ1) is 9.69. The number of halogens is 1. The molecule has 0 saturated carbocycles. The van der Waals surface area contributed by atoms with Gasteiger partial charge < -0.3 is 10.8 Å². The van der Waals surface area contributed by atoms with Crippen molar-refractivity contribution in [1.29, 1.82) is 0 Å². The minimum atomic E-state index is -0.609. The van der Waals surface area contributed by atoms with Gasteiger partial charge in [-0.25, -0.2) is 0 Å². The molecule has 0 aliphatic heterocycles. The molecule has 20 heavy (non-hydrogen) atoms. The monoisotopic (exact) mass is 351 g/mol. The Kier molecular flexibility index (Phi) is 5.66. The number of aliphatic hydroxyl groups excluding tert-OH is 1. The zero-order valence-electron chi connectivity index (χ0n) is 11.3. The molecule has 0 aliphatic rings. The fourth-order valence-electron chi connectivity index (χ4n) is 2.33. The second-order valence-corrected chi connectivity index (χ2v) is 6.25. The van der Waals surface area contributed by atoms with Crippen molar-refractivity contribution in [2.75, 3.05) is 12.8 Å². The molecule has 0 heterocycles. The van der Waals surface area contributed by atoms with Crippen LogP contribution in [0.15, 0.2) is 57.9 Å². The van der Waals surface area contributed by atoms with Crippen molar-refractivity contribution in [3.05, 3.63) is 64.1 Å². The van der Waals surface area contributed by atoms with Crippen LogP contribution in [-0.2, 0) is 0 Å². The largest absolute Gasteiger partial charge is 0.388 e. The summed E-state index contributed by atoms with van der Waals surface area (Å²) in [5, 5.41) is 10.8. The highest BCUT2D eigenvalue weighted by molar-refractivity contribution is 9.10. The molecule has 3 N–H and O–H groups in total. The Balaban J connectivity index is 2.39. The van der Waals surface area contributed by atoms with E-state index in [4.69, 9.17) is 5.73 Å². The predicted octanol–water partition coefficient (Wildman–Crippen LogP) is 3.95. The first kappa shape index (κ1) is 15.6. The normalized spacial score (nSPS) is 14.0. The zero-order chi connectivity index (χ0) is 14.5. The SMILES string of the molecule is CSc1ccccc1C(O)C(CN)c1ccccc1Br. The van der Waals surface area contributed by atoms with Gasteiger partial charge in [-0.2, -0.15) is 0 Å². The third-order valence-corrected chi connectivity index (χ3v) is 4.93. The van der Waals surface area contributed by atoms with Gasteiger partial charge in [0.1, 0.15) is 0 Å². The van der Waals surface area contributed by atoms with Gasteiger partial charge in [-0.3, -0.25) is 0 Å². The van der Waals surface area contributed by atoms with E-state index in [2.05, 4.69) is 15.9 Å². The second-order valence-electron chi connectivity index (χ2n) is 4.55. The molecule has 0 radical (unpaired) electrons. The van der Waals surface area contributed by atoms with Crippen LogP contribution in [0.1, 0.15) is 23.1 Å². The van der Waals surface area contributed by atoms with E-state index in [1.165, 1.54) is 0 Å². The molecule has 2 nitrogen and oxygen atoms in total. The minimum Gasteiger partial charge on any atom is -0.388 e. The van der Waals surface area contributed by atoms with Crippen LogP contribution in [0.25, 0.3) is 0 Å². The quantitative estimate of drug-likeness (QED) is 0.801. The Morgan fingerprint density at radius 3 is 2.30 bits per heavy atom. The average molecular weight is 352 g/mol. The van der Waals surface area contributed by atoms with Crippen LogP contribution in [0.2, 0.25) is 0 Å². The van der Waals surface area contributed by atoms with E-state index in [9.17, 15) is 5.11 Å². The van der Waals surface area contributed by atoms with Gasteiger partial charge >= 0.3 is 0 Å². The Bertz CT molecular complexity index is 576. The lowest BCUT2D eigenvalue weighted by Crippen LogP contribution is -2.21. The van der Waals surface area contributed by atoms with E-state index in [1.807, 2.05) is 54.8 Å². The number of hydrogen-bond donors (Lipinski definition) is 2. The van der Waals surface area contributed by atoms with Gasteiger partial charge in [-0.1, -0.05) is 52.3 Å². The minimum absolute atomic E-state index is 0.126. The first-order valence-corrected chi connectivity index (χ1v) is 8.46. The topological polar surface area (TPSA) is 46.2 Å². The highest BCUT2D eigenvalue weighted by atomic mass is 79.9. The van der Waals surface area contributed by atoms with Gasteiger partial charge in [0.05, 0.1) is 6.10 Å². The molecule has 2 unspecified atom stereocenters. The zero-order valence-corrected chi connectivity index (χ0v) is 13.7. The molecule has 2 aromatic rings. The molecule has 4 heteroatoms. The summed E-state index contributed by atoms with van der Waals surface area (Å²) in [7, 11) is 0. The summed E-state index contributed by atoms with van der Waals surface area (Å²) in [6.45, 7) is 0.395. The molecule has 2 atom stereocenters. The summed E-state index contributed by atoms with van der Waals surface area (Å²) >= 11 is 5.18. The van der Waals surface area contributed by atoms with Crippen LogP contribution in [0, 0.1) is 0 Å². The van der Waals surface area contributed by atoms with Gasteiger partial charge in [-0.15, -0.1) is 11.8 Å². The van der Waals surface area contributed by atoms with Crippen LogP contribution < -0.4 is 5.73 Å². The Morgan fingerprint density at radius 1 is 1.10 bits per heavy atom. The maximum absolute atomic E-state index is 10.8. The van der Waals surface area contributed by atoms with Gasteiger partial charge in [0, 0.05) is 21.8 Å². The second kappa shape index (κ2) is 7.27. The highest BCUT2D eigenvalue weighted by Gasteiger charge is 2.24. The lowest BCUT2D eigenvalue weighted by molar-refractivity contribution is 0.144. The molecule has 0 bridgehead atoms. The lowest BCUT2D eigenvalue weighted by Gasteiger charge is -2.24. The van der Waals surface area contributed by atoms with Crippen LogP contribution in [0.5, 0.6) is 0 Å². The van der Waals surface area contributed by atoms with Crippen molar-refractivity contribution in [3.8, 4) is 0 Å². The summed E-state index contributed by atoms with van der Waals surface area (Å²) in [5.41, 5.74) is 7.89. The highest BCUT2D eigenvalue weighted by Crippen LogP contribution is 2.37. The smallest absolute Gasteiger partial charge is 0.0881 e. The number of hydrogen-bond acceptors (Lipinski definition) is 3. The molecule has 0 amide bonds. The van der Waals surface area contributed by atoms with Crippen molar-refractivity contribution in [2.45, 2.75) is 16.9 Å². The summed E-state index contributed by atoms with van der Waals surface area (Å²) < 4.78 is 0.983. The Labute approximate surface area is 132 Å². The number of rotatable bonds is 5. The molecule has 0 aliphatic carbocycles. The third kappa shape index (κ3) is 3.26. The van der Waals surface area contributed by atoms with Gasteiger partial charge in [-0.05, 0) is 29.5 Å². The number of benzene rings is 2. The molecule has 0 aromatic heterocycles. The average Bonchev–Trinajstić information content (AvgIpc) is 2.49. The third-order valence-electron chi connectivity index (χ3n) is 3.40. The van der Waals surface area contributed by atoms with Crippen molar-refractivity contribution in [1.82, 2.24) is 0 Å². The maximum Gasteiger partial charge on any atom is 0.0881 e. The van der Waals surface area contributed by atoms with Crippen LogP contribution >= 0.6 is 27.7 Å². The van der Waals surface area contributed by atoms with E-state index in [-0.39, 0.29) is 5.92 Å². The van der Waals surface area contributed by atoms with Gasteiger partial charge in [0.15, 0.2) is 0 Å². The first-order valence-electron chi connectivity index (χ1n) is 6.44. The van der Waals surface area contributed by atoms with E-state index in [1.54, 1.807) is 11.8 Å². The van der Waals surface area contributed by atoms with Crippen LogP contribution in [0.3, 0.4) is 0 Å². The number of nitrogens with two attached hydrogens (primary N) is 1. The van der Waals surface area contributed by atoms with Crippen molar-refractivity contribution in [3.63, 3.8) is 0 Å². The Hall–Kier alpha value is -0.810. The molecule has 0 fully saturated rings. The van der Waals surface area contributed by atoms with Crippen molar-refractivity contribution in [2.24, 2.45) is 5.73 Å². The summed E-state index contributed by atoms with van der Waals surface area (Å²) in [5.74, 6) is -0.126. The van der Waals surface area contributed by atoms with E-state index < -0.39 is 6.10 Å². The lowest BCUT2D eigenvalue weighted by atomic mass is 9.89. The van der Waals surface area contributed by atoms with E-state index in [0.717, 1.165) is 20.5 Å². The molecule has 0 saturated heterocycles. The maximum atomic E-state index is 10.8. The fourth-order valence-corrected chi connectivity index (χ4v) is 3.55. The molecule has 0 spiro atoms. The number of thioether (sulfide) groups is 1. The molecular formula is C16H18BrNOS. The van der Waals surface area contributed by atoms with Crippen LogP contribution in [0.4, 0.5) is 0 Å². The summed E-state index contributed by atoms with van der Waals surface area (Å²) in [4.78, 5) is 1.09. The molecular weight excluding hydrogens is 334 g/mol. The Morgan fingerprint density at radius 2 is 1.70 bits per heavy atom. The number of aliphatic hydroxyl groups is 1. The standard InChI is InChI=1S/C16H18BrNOS/c1-20-15-9-5-3-7-12(15)16(19)13(10-18)11-6-2-4-8-14(11)17/h2-9,13,16,19H,10,18H2,1H3. The summed E-state index contributed by atoms with van der Waals surface area (Å²) in [6, 6.07) is 15.8. The fraction of sp³-hybridized carbons (Fsp3) is 0.250. The summed E-state index contributed by atoms with van der Waals surface area (Å²) in [6.07, 6.45) is 1.41. The van der Waals surface area contributed by atoms with Gasteiger partial charge in [0.2, 0.25) is 0 Å². The van der Waals surface area contributed by atoms with Crippen molar-refractivity contribution < 1.29 is 5.11 Å². The van der Waals surface area contributed by atoms with Gasteiger partial charge in [0.25, 0.3) is 0 Å². The van der Waals surface area contributed by atoms with Crippen LogP contribution in [-0.4, -0.2) is 17.9 Å². The predicted molar refractivity (Wildman–Crippen MR) is 89.1 cm³/mol.